The van der Waals surface area contributed by atoms with E-state index in [0.29, 0.717) is 12.3 Å². The molecule has 1 unspecified atom stereocenters. The smallest absolute Gasteiger partial charge is 0.326 e. The molecule has 0 saturated carbocycles. The third kappa shape index (κ3) is 4.32. The standard InChI is InChI=1S/C25H30BrN3O4/c1-25(2)23(26)18-6-5-9-21(22(18)33-25)32-15-17(30)14-28-12-10-16(11-13-28)29-20-8-4-3-7-19(20)27-24(29)31/h3-9,16-17,23,30H,10-15H2,1-2H3,(H,27,31)/t17?,23-/m0/s1. The molecule has 3 heterocycles. The van der Waals surface area contributed by atoms with Crippen LogP contribution in [0.3, 0.4) is 0 Å². The van der Waals surface area contributed by atoms with Crippen molar-refractivity contribution in [2.75, 3.05) is 26.2 Å². The number of piperidine rings is 1. The number of imidazole rings is 1. The Morgan fingerprint density at radius 3 is 2.76 bits per heavy atom. The summed E-state index contributed by atoms with van der Waals surface area (Å²) in [6.07, 6.45) is 1.14. The highest BCUT2D eigenvalue weighted by Gasteiger charge is 2.41. The van der Waals surface area contributed by atoms with Gasteiger partial charge >= 0.3 is 5.69 Å². The number of halogens is 1. The predicted octanol–water partition coefficient (Wildman–Crippen LogP) is 4.01. The van der Waals surface area contributed by atoms with Gasteiger partial charge in [-0.2, -0.15) is 0 Å². The number of ether oxygens (including phenoxy) is 2. The first-order valence-electron chi connectivity index (χ1n) is 11.5. The van der Waals surface area contributed by atoms with Crippen molar-refractivity contribution in [3.63, 3.8) is 0 Å². The van der Waals surface area contributed by atoms with Crippen LogP contribution in [0.5, 0.6) is 11.5 Å². The Labute approximate surface area is 201 Å². The SMILES string of the molecule is CC1(C)Oc2c(OCC(O)CN3CCC(n4c(=O)[nH]c5ccccc54)CC3)cccc2[C@@H]1Br. The highest BCUT2D eigenvalue weighted by atomic mass is 79.9. The number of benzene rings is 2. The van der Waals surface area contributed by atoms with Gasteiger partial charge in [0.25, 0.3) is 0 Å². The van der Waals surface area contributed by atoms with Crippen molar-refractivity contribution in [2.24, 2.45) is 0 Å². The minimum absolute atomic E-state index is 0.0467. The normalized spacial score (nSPS) is 21.6. The highest BCUT2D eigenvalue weighted by Crippen LogP contribution is 2.51. The number of aliphatic hydroxyl groups excluding tert-OH is 1. The van der Waals surface area contributed by atoms with E-state index >= 15 is 0 Å². The summed E-state index contributed by atoms with van der Waals surface area (Å²) in [5.41, 5.74) is 2.51. The lowest BCUT2D eigenvalue weighted by Gasteiger charge is -2.33. The molecule has 2 aromatic carbocycles. The van der Waals surface area contributed by atoms with Gasteiger partial charge in [-0.05, 0) is 44.9 Å². The Balaban J connectivity index is 1.16. The van der Waals surface area contributed by atoms with Crippen LogP contribution in [-0.4, -0.2) is 57.5 Å². The summed E-state index contributed by atoms with van der Waals surface area (Å²) in [6.45, 7) is 6.49. The van der Waals surface area contributed by atoms with E-state index in [2.05, 4.69) is 25.8 Å². The average molecular weight is 516 g/mol. The van der Waals surface area contributed by atoms with Crippen molar-refractivity contribution in [2.45, 2.75) is 49.3 Å². The second kappa shape index (κ2) is 8.81. The number of alkyl halides is 1. The molecule has 0 aliphatic carbocycles. The number of aliphatic hydroxyl groups is 1. The topological polar surface area (TPSA) is 79.7 Å². The van der Waals surface area contributed by atoms with E-state index in [4.69, 9.17) is 9.47 Å². The number of rotatable bonds is 6. The first-order valence-corrected chi connectivity index (χ1v) is 12.4. The fourth-order valence-corrected chi connectivity index (χ4v) is 5.43. The molecule has 3 aromatic rings. The highest BCUT2D eigenvalue weighted by molar-refractivity contribution is 9.09. The molecular formula is C25H30BrN3O4. The Morgan fingerprint density at radius 2 is 1.97 bits per heavy atom. The molecule has 33 heavy (non-hydrogen) atoms. The molecule has 8 heteroatoms. The molecule has 5 rings (SSSR count). The molecule has 0 bridgehead atoms. The molecule has 2 aliphatic heterocycles. The van der Waals surface area contributed by atoms with Gasteiger partial charge in [-0.25, -0.2) is 4.79 Å². The zero-order chi connectivity index (χ0) is 23.2. The molecule has 2 N–H and O–H groups in total. The number of β-amino-alcohol motifs (C(OH)–C–C–N with tert-alkyl or cyclic N) is 1. The number of nitrogens with zero attached hydrogens (tertiary/aromatic N) is 2. The summed E-state index contributed by atoms with van der Waals surface area (Å²) in [7, 11) is 0. The maximum Gasteiger partial charge on any atom is 0.326 e. The van der Waals surface area contributed by atoms with Crippen molar-refractivity contribution >= 4 is 27.0 Å². The quantitative estimate of drug-likeness (QED) is 0.484. The molecule has 7 nitrogen and oxygen atoms in total. The van der Waals surface area contributed by atoms with E-state index in [1.807, 2.05) is 60.9 Å². The van der Waals surface area contributed by atoms with Gasteiger partial charge in [-0.3, -0.25) is 4.57 Å². The molecule has 0 spiro atoms. The van der Waals surface area contributed by atoms with Gasteiger partial charge in [0.05, 0.1) is 15.9 Å². The van der Waals surface area contributed by atoms with Gasteiger partial charge in [0.15, 0.2) is 11.5 Å². The van der Waals surface area contributed by atoms with E-state index in [1.165, 1.54) is 0 Å². The molecule has 2 atom stereocenters. The van der Waals surface area contributed by atoms with E-state index in [0.717, 1.165) is 48.3 Å². The van der Waals surface area contributed by atoms with Gasteiger partial charge in [0.2, 0.25) is 0 Å². The predicted molar refractivity (Wildman–Crippen MR) is 132 cm³/mol. The lowest BCUT2D eigenvalue weighted by molar-refractivity contribution is 0.0536. The monoisotopic (exact) mass is 515 g/mol. The van der Waals surface area contributed by atoms with Gasteiger partial charge in [0, 0.05) is 31.2 Å². The number of H-pyrrole nitrogens is 1. The van der Waals surface area contributed by atoms with E-state index in [9.17, 15) is 9.90 Å². The van der Waals surface area contributed by atoms with Gasteiger partial charge < -0.3 is 24.5 Å². The number of likely N-dealkylation sites (tertiary alicyclic amines) is 1. The molecule has 0 radical (unpaired) electrons. The van der Waals surface area contributed by atoms with Crippen LogP contribution >= 0.6 is 15.9 Å². The van der Waals surface area contributed by atoms with Crippen molar-refractivity contribution in [3.8, 4) is 11.5 Å². The van der Waals surface area contributed by atoms with Crippen LogP contribution in [0, 0.1) is 0 Å². The van der Waals surface area contributed by atoms with Crippen LogP contribution in [0.4, 0.5) is 0 Å². The van der Waals surface area contributed by atoms with Gasteiger partial charge in [0.1, 0.15) is 18.3 Å². The first-order chi connectivity index (χ1) is 15.8. The van der Waals surface area contributed by atoms with Crippen LogP contribution in [0.2, 0.25) is 0 Å². The number of aromatic nitrogens is 2. The van der Waals surface area contributed by atoms with Crippen LogP contribution in [0.1, 0.15) is 43.1 Å². The lowest BCUT2D eigenvalue weighted by Crippen LogP contribution is -2.42. The Morgan fingerprint density at radius 1 is 1.21 bits per heavy atom. The maximum atomic E-state index is 12.5. The molecule has 2 aliphatic rings. The third-order valence-corrected chi connectivity index (χ3v) is 8.30. The first kappa shape index (κ1) is 22.5. The number of hydrogen-bond donors (Lipinski definition) is 2. The zero-order valence-electron chi connectivity index (χ0n) is 19.0. The summed E-state index contributed by atoms with van der Waals surface area (Å²) in [5, 5.41) is 10.6. The Bertz CT molecular complexity index is 1200. The molecule has 1 aromatic heterocycles. The van der Waals surface area contributed by atoms with Gasteiger partial charge in [-0.1, -0.05) is 40.2 Å². The third-order valence-electron chi connectivity index (χ3n) is 6.70. The summed E-state index contributed by atoms with van der Waals surface area (Å²) >= 11 is 3.72. The van der Waals surface area contributed by atoms with E-state index in [1.54, 1.807) is 0 Å². The minimum atomic E-state index is -0.609. The number of para-hydroxylation sites is 3. The number of nitrogens with one attached hydrogen (secondary N) is 1. The summed E-state index contributed by atoms with van der Waals surface area (Å²) in [5.74, 6) is 1.42. The summed E-state index contributed by atoms with van der Waals surface area (Å²) in [4.78, 5) is 17.8. The van der Waals surface area contributed by atoms with Crippen molar-refractivity contribution in [1.29, 1.82) is 0 Å². The Kier molecular flexibility index (Phi) is 6.01. The van der Waals surface area contributed by atoms with Crippen LogP contribution in [0.15, 0.2) is 47.3 Å². The minimum Gasteiger partial charge on any atom is -0.487 e. The number of hydrogen-bond acceptors (Lipinski definition) is 5. The van der Waals surface area contributed by atoms with E-state index < -0.39 is 6.10 Å². The summed E-state index contributed by atoms with van der Waals surface area (Å²) in [6, 6.07) is 13.9. The van der Waals surface area contributed by atoms with Crippen LogP contribution in [-0.2, 0) is 0 Å². The fraction of sp³-hybridized carbons (Fsp3) is 0.480. The van der Waals surface area contributed by atoms with Crippen LogP contribution < -0.4 is 15.2 Å². The summed E-state index contributed by atoms with van der Waals surface area (Å²) < 4.78 is 14.0. The second-order valence-electron chi connectivity index (χ2n) is 9.56. The Hall–Kier alpha value is -2.29. The van der Waals surface area contributed by atoms with Crippen molar-refractivity contribution in [1.82, 2.24) is 14.5 Å². The number of fused-ring (bicyclic) bond motifs is 2. The second-order valence-corrected chi connectivity index (χ2v) is 10.5. The van der Waals surface area contributed by atoms with Crippen LogP contribution in [0.25, 0.3) is 11.0 Å². The van der Waals surface area contributed by atoms with Gasteiger partial charge in [-0.15, -0.1) is 0 Å². The molecular weight excluding hydrogens is 486 g/mol. The van der Waals surface area contributed by atoms with Crippen molar-refractivity contribution < 1.29 is 14.6 Å². The zero-order valence-corrected chi connectivity index (χ0v) is 20.5. The van der Waals surface area contributed by atoms with Crippen molar-refractivity contribution in [3.05, 3.63) is 58.5 Å². The average Bonchev–Trinajstić information content (AvgIpc) is 3.25. The lowest BCUT2D eigenvalue weighted by atomic mass is 10.0. The molecule has 1 fully saturated rings. The fourth-order valence-electron chi connectivity index (χ4n) is 4.98. The number of aromatic amines is 1. The van der Waals surface area contributed by atoms with E-state index in [-0.39, 0.29) is 28.8 Å². The molecule has 0 amide bonds. The molecule has 176 valence electrons. The largest absolute Gasteiger partial charge is 0.487 e. The maximum absolute atomic E-state index is 12.5. The molecule has 1 saturated heterocycles.